The van der Waals surface area contributed by atoms with Crippen LogP contribution in [0.15, 0.2) is 77.1 Å². The maximum Gasteiger partial charge on any atom is 0.250 e. The first kappa shape index (κ1) is 24.7. The lowest BCUT2D eigenvalue weighted by Crippen LogP contribution is -2.22. The summed E-state index contributed by atoms with van der Waals surface area (Å²) in [7, 11) is -3.62. The van der Waals surface area contributed by atoms with E-state index < -0.39 is 10.0 Å². The second-order valence-electron chi connectivity index (χ2n) is 8.13. The van der Waals surface area contributed by atoms with Crippen LogP contribution >= 0.6 is 34.5 Å². The number of rotatable bonds is 8. The van der Waals surface area contributed by atoms with Gasteiger partial charge in [0.15, 0.2) is 5.65 Å². The Labute approximate surface area is 222 Å². The molecular formula is C25H21Cl2N5O2S2. The molecular weight excluding hydrogens is 537 g/mol. The molecule has 7 nitrogen and oxygen atoms in total. The van der Waals surface area contributed by atoms with Gasteiger partial charge in [0.25, 0.3) is 0 Å². The van der Waals surface area contributed by atoms with Gasteiger partial charge >= 0.3 is 0 Å². The van der Waals surface area contributed by atoms with Crippen LogP contribution in [0.1, 0.15) is 16.7 Å². The fourth-order valence-corrected chi connectivity index (χ4v) is 6.52. The van der Waals surface area contributed by atoms with Crippen molar-refractivity contribution in [3.05, 3.63) is 99.0 Å². The zero-order chi connectivity index (χ0) is 25.3. The van der Waals surface area contributed by atoms with Gasteiger partial charge < -0.3 is 5.32 Å². The third-order valence-corrected chi connectivity index (χ3v) is 9.00. The summed E-state index contributed by atoms with van der Waals surface area (Å²) >= 11 is 13.3. The van der Waals surface area contributed by atoms with Crippen molar-refractivity contribution in [1.29, 1.82) is 0 Å². The Morgan fingerprint density at radius 1 is 0.972 bits per heavy atom. The number of aryl methyl sites for hydroxylation is 1. The number of fused-ring (bicyclic) bond motifs is 1. The van der Waals surface area contributed by atoms with Gasteiger partial charge in [0, 0.05) is 35.3 Å². The summed E-state index contributed by atoms with van der Waals surface area (Å²) in [6, 6.07) is 20.3. The molecule has 2 N–H and O–H groups in total. The van der Waals surface area contributed by atoms with E-state index >= 15 is 0 Å². The molecule has 0 bridgehead atoms. The van der Waals surface area contributed by atoms with E-state index in [2.05, 4.69) is 15.1 Å². The van der Waals surface area contributed by atoms with E-state index in [4.69, 9.17) is 28.2 Å². The van der Waals surface area contributed by atoms with E-state index in [0.717, 1.165) is 50.7 Å². The fraction of sp³-hybridized carbons (Fsp3) is 0.120. The molecule has 0 unspecified atom stereocenters. The molecule has 2 aromatic carbocycles. The van der Waals surface area contributed by atoms with Crippen LogP contribution in [0.3, 0.4) is 0 Å². The molecule has 3 aromatic heterocycles. The number of benzene rings is 2. The van der Waals surface area contributed by atoms with Crippen LogP contribution in [0, 0.1) is 6.92 Å². The van der Waals surface area contributed by atoms with Gasteiger partial charge in [0.1, 0.15) is 10.0 Å². The molecule has 36 heavy (non-hydrogen) atoms. The number of halogens is 2. The molecule has 0 aliphatic rings. The molecule has 0 saturated carbocycles. The maximum atomic E-state index is 12.5. The minimum Gasteiger partial charge on any atom is -0.366 e. The third kappa shape index (κ3) is 5.25. The fourth-order valence-electron chi connectivity index (χ4n) is 3.74. The average molecular weight is 559 g/mol. The van der Waals surface area contributed by atoms with Crippen LogP contribution in [0.4, 0.5) is 5.82 Å². The van der Waals surface area contributed by atoms with Crippen molar-refractivity contribution in [2.75, 3.05) is 5.32 Å². The molecule has 5 rings (SSSR count). The van der Waals surface area contributed by atoms with E-state index in [1.54, 1.807) is 16.8 Å². The zero-order valence-electron chi connectivity index (χ0n) is 19.1. The predicted molar refractivity (Wildman–Crippen MR) is 145 cm³/mol. The molecule has 184 valence electrons. The van der Waals surface area contributed by atoms with E-state index in [1.807, 2.05) is 61.5 Å². The quantitative estimate of drug-likeness (QED) is 0.238. The van der Waals surface area contributed by atoms with Crippen LogP contribution in [-0.4, -0.2) is 23.0 Å². The van der Waals surface area contributed by atoms with Crippen molar-refractivity contribution in [1.82, 2.24) is 19.3 Å². The van der Waals surface area contributed by atoms with E-state index in [0.29, 0.717) is 15.9 Å². The lowest BCUT2D eigenvalue weighted by atomic mass is 10.1. The third-order valence-electron chi connectivity index (χ3n) is 5.54. The second kappa shape index (κ2) is 10.2. The van der Waals surface area contributed by atoms with Crippen molar-refractivity contribution in [2.45, 2.75) is 24.2 Å². The van der Waals surface area contributed by atoms with Gasteiger partial charge in [0.2, 0.25) is 10.0 Å². The number of thiophene rings is 1. The molecule has 0 saturated heterocycles. The molecule has 0 atom stereocenters. The molecule has 0 aliphatic carbocycles. The van der Waals surface area contributed by atoms with Crippen LogP contribution in [0.5, 0.6) is 0 Å². The summed E-state index contributed by atoms with van der Waals surface area (Å²) in [4.78, 5) is 4.77. The Hall–Kier alpha value is -2.95. The molecule has 11 heteroatoms. The van der Waals surface area contributed by atoms with Gasteiger partial charge in [-0.05, 0) is 36.2 Å². The summed E-state index contributed by atoms with van der Waals surface area (Å²) in [6.45, 7) is 2.63. The Morgan fingerprint density at radius 3 is 2.50 bits per heavy atom. The highest BCUT2D eigenvalue weighted by Gasteiger charge is 2.16. The van der Waals surface area contributed by atoms with Crippen molar-refractivity contribution in [2.24, 2.45) is 0 Å². The van der Waals surface area contributed by atoms with Gasteiger partial charge in [-0.2, -0.15) is 9.61 Å². The van der Waals surface area contributed by atoms with Crippen LogP contribution in [0.2, 0.25) is 9.36 Å². The minimum atomic E-state index is -3.62. The molecule has 0 spiro atoms. The summed E-state index contributed by atoms with van der Waals surface area (Å²) in [5, 5.41) is 8.53. The van der Waals surface area contributed by atoms with Gasteiger partial charge in [-0.1, -0.05) is 65.7 Å². The van der Waals surface area contributed by atoms with Gasteiger partial charge in [-0.3, -0.25) is 0 Å². The lowest BCUT2D eigenvalue weighted by molar-refractivity contribution is 0.583. The van der Waals surface area contributed by atoms with Crippen molar-refractivity contribution < 1.29 is 8.42 Å². The standard InChI is InChI=1S/C25H21Cl2N5O2S2/c1-16-13-29-32-23(12-21(31-25(16)32)19-7-2-3-8-20(19)26)28-14-17-5-4-6-18(11-17)15-30-36(33,34)24-10-9-22(27)35-24/h2-13,28,30H,14-15H2,1H3. The Morgan fingerprint density at radius 2 is 1.75 bits per heavy atom. The van der Waals surface area contributed by atoms with Crippen LogP contribution in [-0.2, 0) is 23.1 Å². The number of hydrogen-bond acceptors (Lipinski definition) is 6. The van der Waals surface area contributed by atoms with E-state index in [9.17, 15) is 8.42 Å². The molecule has 0 fully saturated rings. The normalized spacial score (nSPS) is 11.8. The molecule has 0 radical (unpaired) electrons. The van der Waals surface area contributed by atoms with Crippen molar-refractivity contribution in [3.63, 3.8) is 0 Å². The summed E-state index contributed by atoms with van der Waals surface area (Å²) in [5.41, 5.74) is 5.11. The number of nitrogens with zero attached hydrogens (tertiary/aromatic N) is 3. The largest absolute Gasteiger partial charge is 0.366 e. The van der Waals surface area contributed by atoms with Crippen molar-refractivity contribution in [3.8, 4) is 11.3 Å². The summed E-state index contributed by atoms with van der Waals surface area (Å²) in [5.74, 6) is 0.767. The monoisotopic (exact) mass is 557 g/mol. The molecule has 5 aromatic rings. The maximum absolute atomic E-state index is 12.5. The highest BCUT2D eigenvalue weighted by atomic mass is 35.5. The molecule has 3 heterocycles. The van der Waals surface area contributed by atoms with Crippen molar-refractivity contribution >= 4 is 56.0 Å². The molecule has 0 amide bonds. The molecule has 0 aliphatic heterocycles. The average Bonchev–Trinajstić information content (AvgIpc) is 3.48. The lowest BCUT2D eigenvalue weighted by Gasteiger charge is -2.13. The highest BCUT2D eigenvalue weighted by Crippen LogP contribution is 2.29. The SMILES string of the molecule is Cc1cnn2c(NCc3cccc(CNS(=O)(=O)c4ccc(Cl)s4)c3)cc(-c3ccccc3Cl)nc12. The van der Waals surface area contributed by atoms with Crippen LogP contribution < -0.4 is 10.0 Å². The van der Waals surface area contributed by atoms with Crippen LogP contribution in [0.25, 0.3) is 16.9 Å². The number of anilines is 1. The first-order valence-corrected chi connectivity index (χ1v) is 14.0. The smallest absolute Gasteiger partial charge is 0.250 e. The van der Waals surface area contributed by atoms with E-state index in [1.165, 1.54) is 6.07 Å². The minimum absolute atomic E-state index is 0.167. The summed E-state index contributed by atoms with van der Waals surface area (Å²) in [6.07, 6.45) is 1.78. The van der Waals surface area contributed by atoms with Gasteiger partial charge in [0.05, 0.1) is 16.2 Å². The second-order valence-corrected chi connectivity index (χ2v) is 12.2. The zero-order valence-corrected chi connectivity index (χ0v) is 22.2. The first-order valence-electron chi connectivity index (χ1n) is 11.0. The Kier molecular flexibility index (Phi) is 7.00. The predicted octanol–water partition coefficient (Wildman–Crippen LogP) is 6.16. The number of hydrogen-bond donors (Lipinski definition) is 2. The topological polar surface area (TPSA) is 88.4 Å². The number of nitrogens with one attached hydrogen (secondary N) is 2. The number of sulfonamides is 1. The van der Waals surface area contributed by atoms with Gasteiger partial charge in [-0.15, -0.1) is 11.3 Å². The Bertz CT molecular complexity index is 1660. The Balaban J connectivity index is 1.35. The first-order chi connectivity index (χ1) is 17.3. The highest BCUT2D eigenvalue weighted by molar-refractivity contribution is 7.91. The van der Waals surface area contributed by atoms with E-state index in [-0.39, 0.29) is 10.8 Å². The summed E-state index contributed by atoms with van der Waals surface area (Å²) < 4.78 is 30.1. The number of aromatic nitrogens is 3. The van der Waals surface area contributed by atoms with Gasteiger partial charge in [-0.25, -0.2) is 18.1 Å².